The lowest BCUT2D eigenvalue weighted by Crippen LogP contribution is -2.48. The zero-order valence-corrected chi connectivity index (χ0v) is 16.5. The highest BCUT2D eigenvalue weighted by Gasteiger charge is 2.27. The van der Waals surface area contributed by atoms with Crippen molar-refractivity contribution in [1.82, 2.24) is 9.80 Å². The largest absolute Gasteiger partial charge is 0.346 e. The topological polar surface area (TPSA) is 18.8 Å². The van der Waals surface area contributed by atoms with Gasteiger partial charge in [-0.3, -0.25) is 0 Å². The maximum Gasteiger partial charge on any atom is 0.196 e. The van der Waals surface area contributed by atoms with Crippen LogP contribution in [0.4, 0.5) is 0 Å². The van der Waals surface area contributed by atoms with Gasteiger partial charge < -0.3 is 9.80 Å². The lowest BCUT2D eigenvalue weighted by atomic mass is 9.89. The third kappa shape index (κ3) is 7.58. The van der Waals surface area contributed by atoms with Gasteiger partial charge in [-0.1, -0.05) is 65.2 Å². The van der Waals surface area contributed by atoms with Crippen LogP contribution in [0.1, 0.15) is 91.4 Å². The van der Waals surface area contributed by atoms with Crippen molar-refractivity contribution < 1.29 is 0 Å². The molecule has 1 unspecified atom stereocenters. The second-order valence-corrected chi connectivity index (χ2v) is 7.73. The van der Waals surface area contributed by atoms with Gasteiger partial charge in [0.1, 0.15) is 0 Å². The highest BCUT2D eigenvalue weighted by Crippen LogP contribution is 2.28. The van der Waals surface area contributed by atoms with E-state index in [1.54, 1.807) is 0 Å². The smallest absolute Gasteiger partial charge is 0.196 e. The van der Waals surface area contributed by atoms with Crippen molar-refractivity contribution in [1.29, 1.82) is 0 Å². The Morgan fingerprint density at radius 3 is 1.87 bits per heavy atom. The van der Waals surface area contributed by atoms with Crippen LogP contribution in [-0.4, -0.2) is 48.5 Å². The zero-order chi connectivity index (χ0) is 17.1. The lowest BCUT2D eigenvalue weighted by molar-refractivity contribution is 0.295. The average molecular weight is 324 g/mol. The number of hydrogen-bond donors (Lipinski definition) is 0. The van der Waals surface area contributed by atoms with E-state index in [0.717, 1.165) is 13.1 Å². The number of nitrogens with zero attached hydrogens (tertiary/aromatic N) is 3. The summed E-state index contributed by atoms with van der Waals surface area (Å²) in [5.41, 5.74) is 0.122. The summed E-state index contributed by atoms with van der Waals surface area (Å²) in [6.45, 7) is 9.26. The first-order valence-corrected chi connectivity index (χ1v) is 10.0. The first-order chi connectivity index (χ1) is 11.0. The van der Waals surface area contributed by atoms with Crippen molar-refractivity contribution in [3.05, 3.63) is 0 Å². The average Bonchev–Trinajstić information content (AvgIpc) is 2.51. The first kappa shape index (κ1) is 20.3. The van der Waals surface area contributed by atoms with Crippen LogP contribution in [0.2, 0.25) is 0 Å². The number of hydrogen-bond acceptors (Lipinski definition) is 1. The van der Waals surface area contributed by atoms with Gasteiger partial charge in [-0.2, -0.15) is 0 Å². The van der Waals surface area contributed by atoms with Gasteiger partial charge in [-0.25, -0.2) is 4.99 Å². The van der Waals surface area contributed by atoms with Gasteiger partial charge in [-0.05, 0) is 26.2 Å². The SMILES string of the molecule is CCCCCCCC(C)(CCCCC)N=C1N(C)CCCN1C. The standard InChI is InChI=1S/C20H41N3/c1-6-8-10-11-13-16-20(3,15-12-9-7-2)21-19-22(4)17-14-18-23(19)5/h6-18H2,1-5H3. The molecule has 0 bridgehead atoms. The number of guanidine groups is 1. The van der Waals surface area contributed by atoms with E-state index < -0.39 is 0 Å². The lowest BCUT2D eigenvalue weighted by Gasteiger charge is -2.37. The van der Waals surface area contributed by atoms with E-state index in [-0.39, 0.29) is 5.54 Å². The van der Waals surface area contributed by atoms with Crippen molar-refractivity contribution in [3.8, 4) is 0 Å². The number of unbranched alkanes of at least 4 members (excludes halogenated alkanes) is 6. The molecule has 1 heterocycles. The Labute approximate surface area is 145 Å². The highest BCUT2D eigenvalue weighted by molar-refractivity contribution is 5.80. The van der Waals surface area contributed by atoms with Crippen LogP contribution in [0, 0.1) is 0 Å². The molecule has 0 aromatic heterocycles. The molecule has 1 saturated heterocycles. The summed E-state index contributed by atoms with van der Waals surface area (Å²) in [5, 5.41) is 0. The van der Waals surface area contributed by atoms with Crippen molar-refractivity contribution in [3.63, 3.8) is 0 Å². The molecule has 0 N–H and O–H groups in total. The van der Waals surface area contributed by atoms with Crippen LogP contribution in [0.5, 0.6) is 0 Å². The molecule has 1 rings (SSSR count). The predicted octanol–water partition coefficient (Wildman–Crippen LogP) is 5.31. The molecule has 0 spiro atoms. The van der Waals surface area contributed by atoms with Gasteiger partial charge >= 0.3 is 0 Å². The predicted molar refractivity (Wildman–Crippen MR) is 103 cm³/mol. The molecule has 3 heteroatoms. The van der Waals surface area contributed by atoms with Crippen LogP contribution in [-0.2, 0) is 0 Å². The molecule has 1 aliphatic rings. The molecule has 1 atom stereocenters. The van der Waals surface area contributed by atoms with E-state index in [1.165, 1.54) is 76.6 Å². The molecule has 136 valence electrons. The van der Waals surface area contributed by atoms with Crippen LogP contribution < -0.4 is 0 Å². The Morgan fingerprint density at radius 1 is 0.826 bits per heavy atom. The minimum absolute atomic E-state index is 0.122. The van der Waals surface area contributed by atoms with E-state index in [4.69, 9.17) is 4.99 Å². The molecule has 0 saturated carbocycles. The summed E-state index contributed by atoms with van der Waals surface area (Å²) in [6, 6.07) is 0. The minimum atomic E-state index is 0.122. The maximum absolute atomic E-state index is 5.29. The van der Waals surface area contributed by atoms with Crippen molar-refractivity contribution >= 4 is 5.96 Å². The molecule has 3 nitrogen and oxygen atoms in total. The second-order valence-electron chi connectivity index (χ2n) is 7.73. The summed E-state index contributed by atoms with van der Waals surface area (Å²) in [7, 11) is 4.39. The molecular formula is C20H41N3. The van der Waals surface area contributed by atoms with Crippen LogP contribution in [0.15, 0.2) is 4.99 Å². The normalized spacial score (nSPS) is 18.2. The molecule has 0 radical (unpaired) electrons. The quantitative estimate of drug-likeness (QED) is 0.480. The van der Waals surface area contributed by atoms with Crippen molar-refractivity contribution in [2.75, 3.05) is 27.2 Å². The Balaban J connectivity index is 2.68. The molecular weight excluding hydrogens is 282 g/mol. The third-order valence-corrected chi connectivity index (χ3v) is 5.18. The number of rotatable bonds is 11. The van der Waals surface area contributed by atoms with E-state index in [9.17, 15) is 0 Å². The fraction of sp³-hybridized carbons (Fsp3) is 0.950. The van der Waals surface area contributed by atoms with E-state index in [2.05, 4.69) is 44.7 Å². The first-order valence-electron chi connectivity index (χ1n) is 10.0. The van der Waals surface area contributed by atoms with Crippen LogP contribution >= 0.6 is 0 Å². The van der Waals surface area contributed by atoms with Gasteiger partial charge in [0.15, 0.2) is 5.96 Å². The van der Waals surface area contributed by atoms with Crippen LogP contribution in [0.3, 0.4) is 0 Å². The van der Waals surface area contributed by atoms with E-state index in [0.29, 0.717) is 0 Å². The van der Waals surface area contributed by atoms with Gasteiger partial charge in [0, 0.05) is 27.2 Å². The summed E-state index contributed by atoms with van der Waals surface area (Å²) < 4.78 is 0. The highest BCUT2D eigenvalue weighted by atomic mass is 15.4. The molecule has 0 aliphatic carbocycles. The Kier molecular flexibility index (Phi) is 9.66. The monoisotopic (exact) mass is 323 g/mol. The Morgan fingerprint density at radius 2 is 1.30 bits per heavy atom. The van der Waals surface area contributed by atoms with Crippen molar-refractivity contribution in [2.45, 2.75) is 96.9 Å². The summed E-state index contributed by atoms with van der Waals surface area (Å²) in [6.07, 6.45) is 14.5. The Bertz CT molecular complexity index is 328. The summed E-state index contributed by atoms with van der Waals surface area (Å²) in [4.78, 5) is 9.98. The van der Waals surface area contributed by atoms with E-state index in [1.807, 2.05) is 0 Å². The van der Waals surface area contributed by atoms with E-state index >= 15 is 0 Å². The molecule has 1 fully saturated rings. The van der Waals surface area contributed by atoms with Gasteiger partial charge in [-0.15, -0.1) is 0 Å². The molecule has 23 heavy (non-hydrogen) atoms. The summed E-state index contributed by atoms with van der Waals surface area (Å²) >= 11 is 0. The Hall–Kier alpha value is -0.730. The molecule has 0 amide bonds. The molecule has 1 aliphatic heterocycles. The maximum atomic E-state index is 5.29. The zero-order valence-electron chi connectivity index (χ0n) is 16.5. The summed E-state index contributed by atoms with van der Waals surface area (Å²) in [5.74, 6) is 1.21. The van der Waals surface area contributed by atoms with Gasteiger partial charge in [0.25, 0.3) is 0 Å². The van der Waals surface area contributed by atoms with Crippen LogP contribution in [0.25, 0.3) is 0 Å². The molecule has 0 aromatic carbocycles. The second kappa shape index (κ2) is 10.9. The fourth-order valence-corrected chi connectivity index (χ4v) is 3.55. The minimum Gasteiger partial charge on any atom is -0.346 e. The number of aliphatic imine (C=N–C) groups is 1. The van der Waals surface area contributed by atoms with Gasteiger partial charge in [0.05, 0.1) is 5.54 Å². The van der Waals surface area contributed by atoms with Crippen molar-refractivity contribution in [2.24, 2.45) is 4.99 Å². The molecule has 0 aromatic rings. The fourth-order valence-electron chi connectivity index (χ4n) is 3.55. The third-order valence-electron chi connectivity index (χ3n) is 5.18. The van der Waals surface area contributed by atoms with Gasteiger partial charge in [0.2, 0.25) is 0 Å².